The minimum atomic E-state index is -0.0460. The van der Waals surface area contributed by atoms with E-state index in [0.717, 1.165) is 16.7 Å². The van der Waals surface area contributed by atoms with E-state index >= 15 is 0 Å². The van der Waals surface area contributed by atoms with E-state index in [4.69, 9.17) is 21.1 Å². The Labute approximate surface area is 141 Å². The average Bonchev–Trinajstić information content (AvgIpc) is 2.55. The van der Waals surface area contributed by atoms with Crippen molar-refractivity contribution >= 4 is 17.5 Å². The Balaban J connectivity index is 2.01. The lowest BCUT2D eigenvalue weighted by Crippen LogP contribution is -2.24. The number of benzene rings is 2. The van der Waals surface area contributed by atoms with Gasteiger partial charge in [0.15, 0.2) is 11.5 Å². The Kier molecular flexibility index (Phi) is 5.88. The second-order valence-corrected chi connectivity index (χ2v) is 5.65. The van der Waals surface area contributed by atoms with Crippen LogP contribution < -0.4 is 14.8 Å². The lowest BCUT2D eigenvalue weighted by molar-refractivity contribution is -0.120. The number of aryl methyl sites for hydroxylation is 1. The van der Waals surface area contributed by atoms with Crippen LogP contribution in [0.5, 0.6) is 11.5 Å². The predicted octanol–water partition coefficient (Wildman–Crippen LogP) is 3.52. The van der Waals surface area contributed by atoms with E-state index < -0.39 is 0 Å². The first-order valence-electron chi connectivity index (χ1n) is 7.26. The maximum Gasteiger partial charge on any atom is 0.224 e. The molecule has 2 aromatic rings. The van der Waals surface area contributed by atoms with Gasteiger partial charge in [0.2, 0.25) is 5.91 Å². The zero-order chi connectivity index (χ0) is 16.8. The quantitative estimate of drug-likeness (QED) is 0.879. The van der Waals surface area contributed by atoms with Crippen LogP contribution in [0.3, 0.4) is 0 Å². The van der Waals surface area contributed by atoms with E-state index in [9.17, 15) is 4.79 Å². The van der Waals surface area contributed by atoms with Gasteiger partial charge >= 0.3 is 0 Å². The Bertz CT molecular complexity index is 683. The van der Waals surface area contributed by atoms with Gasteiger partial charge in [0.1, 0.15) is 0 Å². The number of methoxy groups -OCH3 is 2. The molecule has 0 saturated heterocycles. The summed E-state index contributed by atoms with van der Waals surface area (Å²) in [5, 5.41) is 3.59. The molecule has 1 N–H and O–H groups in total. The molecule has 1 amide bonds. The largest absolute Gasteiger partial charge is 0.493 e. The number of ether oxygens (including phenoxy) is 2. The topological polar surface area (TPSA) is 47.6 Å². The molecule has 0 fully saturated rings. The van der Waals surface area contributed by atoms with Gasteiger partial charge in [0.25, 0.3) is 0 Å². The highest BCUT2D eigenvalue weighted by molar-refractivity contribution is 6.30. The SMILES string of the molecule is COc1cc(C)c(CC(=O)NCc2ccc(Cl)cc2)cc1OC. The number of nitrogens with one attached hydrogen (secondary N) is 1. The number of halogens is 1. The smallest absolute Gasteiger partial charge is 0.224 e. The molecule has 122 valence electrons. The zero-order valence-electron chi connectivity index (χ0n) is 13.5. The van der Waals surface area contributed by atoms with Crippen LogP contribution >= 0.6 is 11.6 Å². The molecule has 0 aliphatic rings. The van der Waals surface area contributed by atoms with Crippen molar-refractivity contribution in [3.8, 4) is 11.5 Å². The molecule has 0 aromatic heterocycles. The van der Waals surface area contributed by atoms with Crippen molar-refractivity contribution in [1.29, 1.82) is 0 Å². The molecule has 0 atom stereocenters. The number of carbonyl (C=O) groups is 1. The van der Waals surface area contributed by atoms with Crippen LogP contribution in [0, 0.1) is 6.92 Å². The fourth-order valence-corrected chi connectivity index (χ4v) is 2.38. The van der Waals surface area contributed by atoms with Crippen LogP contribution in [-0.2, 0) is 17.8 Å². The predicted molar refractivity (Wildman–Crippen MR) is 91.3 cm³/mol. The van der Waals surface area contributed by atoms with Crippen LogP contribution in [0.2, 0.25) is 5.02 Å². The summed E-state index contributed by atoms with van der Waals surface area (Å²) in [6.07, 6.45) is 0.291. The van der Waals surface area contributed by atoms with Gasteiger partial charge in [-0.05, 0) is 47.9 Å². The fourth-order valence-electron chi connectivity index (χ4n) is 2.25. The van der Waals surface area contributed by atoms with E-state index in [1.54, 1.807) is 14.2 Å². The van der Waals surface area contributed by atoms with Crippen molar-refractivity contribution in [2.45, 2.75) is 19.9 Å². The molecule has 0 bridgehead atoms. The molecule has 0 aliphatic carbocycles. The first kappa shape index (κ1) is 17.2. The number of hydrogen-bond acceptors (Lipinski definition) is 3. The average molecular weight is 334 g/mol. The molecule has 0 aliphatic heterocycles. The minimum absolute atomic E-state index is 0.0460. The normalized spacial score (nSPS) is 10.3. The van der Waals surface area contributed by atoms with Gasteiger partial charge in [-0.1, -0.05) is 23.7 Å². The van der Waals surface area contributed by atoms with Crippen molar-refractivity contribution in [2.75, 3.05) is 14.2 Å². The summed E-state index contributed by atoms with van der Waals surface area (Å²) < 4.78 is 10.5. The van der Waals surface area contributed by atoms with Crippen molar-refractivity contribution in [1.82, 2.24) is 5.32 Å². The highest BCUT2D eigenvalue weighted by atomic mass is 35.5. The van der Waals surface area contributed by atoms with Gasteiger partial charge in [-0.15, -0.1) is 0 Å². The second kappa shape index (κ2) is 7.88. The maximum absolute atomic E-state index is 12.1. The molecule has 2 aromatic carbocycles. The van der Waals surface area contributed by atoms with Crippen LogP contribution in [0.4, 0.5) is 0 Å². The molecule has 23 heavy (non-hydrogen) atoms. The van der Waals surface area contributed by atoms with Crippen molar-refractivity contribution in [3.05, 3.63) is 58.1 Å². The number of amides is 1. The fraction of sp³-hybridized carbons (Fsp3) is 0.278. The summed E-state index contributed by atoms with van der Waals surface area (Å²) in [7, 11) is 3.17. The summed E-state index contributed by atoms with van der Waals surface area (Å²) in [4.78, 5) is 12.1. The van der Waals surface area contributed by atoms with E-state index in [-0.39, 0.29) is 5.91 Å². The molecule has 0 radical (unpaired) electrons. The summed E-state index contributed by atoms with van der Waals surface area (Å²) in [5.74, 6) is 1.24. The van der Waals surface area contributed by atoms with Crippen LogP contribution in [0.15, 0.2) is 36.4 Å². The molecule has 5 heteroatoms. The Morgan fingerprint density at radius 2 is 1.70 bits per heavy atom. The molecular weight excluding hydrogens is 314 g/mol. The van der Waals surface area contributed by atoms with E-state index in [2.05, 4.69) is 5.32 Å². The van der Waals surface area contributed by atoms with Crippen LogP contribution in [0.25, 0.3) is 0 Å². The van der Waals surface area contributed by atoms with E-state index in [1.165, 1.54) is 0 Å². The van der Waals surface area contributed by atoms with Crippen LogP contribution in [0.1, 0.15) is 16.7 Å². The van der Waals surface area contributed by atoms with Crippen molar-refractivity contribution in [3.63, 3.8) is 0 Å². The van der Waals surface area contributed by atoms with Crippen LogP contribution in [-0.4, -0.2) is 20.1 Å². The first-order valence-corrected chi connectivity index (χ1v) is 7.64. The van der Waals surface area contributed by atoms with Gasteiger partial charge in [0, 0.05) is 11.6 Å². The highest BCUT2D eigenvalue weighted by Gasteiger charge is 2.11. The molecule has 2 rings (SSSR count). The number of carbonyl (C=O) groups excluding carboxylic acids is 1. The van der Waals surface area contributed by atoms with Gasteiger partial charge in [-0.25, -0.2) is 0 Å². The minimum Gasteiger partial charge on any atom is -0.493 e. The van der Waals surface area contributed by atoms with E-state index in [0.29, 0.717) is 29.5 Å². The number of rotatable bonds is 6. The molecule has 0 unspecified atom stereocenters. The van der Waals surface area contributed by atoms with Gasteiger partial charge in [-0.2, -0.15) is 0 Å². The molecule has 0 heterocycles. The summed E-state index contributed by atoms with van der Waals surface area (Å²) >= 11 is 5.84. The van der Waals surface area contributed by atoms with Crippen molar-refractivity contribution in [2.24, 2.45) is 0 Å². The third-order valence-corrected chi connectivity index (χ3v) is 3.85. The second-order valence-electron chi connectivity index (χ2n) is 5.21. The molecular formula is C18H20ClNO3. The molecule has 0 spiro atoms. The standard InChI is InChI=1S/C18H20ClNO3/c1-12-8-16(22-2)17(23-3)9-14(12)10-18(21)20-11-13-4-6-15(19)7-5-13/h4-9H,10-11H2,1-3H3,(H,20,21). The third-order valence-electron chi connectivity index (χ3n) is 3.60. The lowest BCUT2D eigenvalue weighted by atomic mass is 10.0. The maximum atomic E-state index is 12.1. The third kappa shape index (κ3) is 4.63. The Morgan fingerprint density at radius 3 is 2.30 bits per heavy atom. The molecule has 4 nitrogen and oxygen atoms in total. The Hall–Kier alpha value is -2.20. The monoisotopic (exact) mass is 333 g/mol. The summed E-state index contributed by atoms with van der Waals surface area (Å²) in [6, 6.07) is 11.1. The van der Waals surface area contributed by atoms with E-state index in [1.807, 2.05) is 43.3 Å². The first-order chi connectivity index (χ1) is 11.0. The zero-order valence-corrected chi connectivity index (χ0v) is 14.2. The van der Waals surface area contributed by atoms with Gasteiger partial charge in [-0.3, -0.25) is 4.79 Å². The Morgan fingerprint density at radius 1 is 1.09 bits per heavy atom. The summed E-state index contributed by atoms with van der Waals surface area (Å²) in [6.45, 7) is 2.42. The van der Waals surface area contributed by atoms with Crippen molar-refractivity contribution < 1.29 is 14.3 Å². The lowest BCUT2D eigenvalue weighted by Gasteiger charge is -2.13. The van der Waals surface area contributed by atoms with Gasteiger partial charge in [0.05, 0.1) is 20.6 Å². The number of hydrogen-bond donors (Lipinski definition) is 1. The van der Waals surface area contributed by atoms with Gasteiger partial charge < -0.3 is 14.8 Å². The highest BCUT2D eigenvalue weighted by Crippen LogP contribution is 2.30. The molecule has 0 saturated carbocycles. The summed E-state index contributed by atoms with van der Waals surface area (Å²) in [5.41, 5.74) is 2.91.